The largest absolute Gasteiger partial charge is 0.484 e. The molecule has 0 unspecified atom stereocenters. The molecule has 9 heteroatoms. The van der Waals surface area contributed by atoms with Crippen molar-refractivity contribution in [2.24, 2.45) is 0 Å². The van der Waals surface area contributed by atoms with E-state index in [-0.39, 0.29) is 12.5 Å². The molecule has 1 heterocycles. The van der Waals surface area contributed by atoms with Gasteiger partial charge in [0.1, 0.15) is 5.75 Å². The van der Waals surface area contributed by atoms with Crippen LogP contribution in [0.25, 0.3) is 0 Å². The Kier molecular flexibility index (Phi) is 7.12. The maximum absolute atomic E-state index is 12.0. The number of ether oxygens (including phenoxy) is 1. The van der Waals surface area contributed by atoms with Crippen LogP contribution in [0.1, 0.15) is 5.56 Å². The standard InChI is InChI=1S/C17H13ClIN3O2S2/c18-12-3-1-11(2-4-12)10-25-17-22-21-16(26-17)20-15(23)9-24-14-7-5-13(19)6-8-14/h1-8H,9-10H2,(H,20,21,23). The normalized spacial score (nSPS) is 10.5. The SMILES string of the molecule is O=C(COc1ccc(I)cc1)Nc1nnc(SCc2ccc(Cl)cc2)s1. The molecule has 0 spiro atoms. The second-order valence-corrected chi connectivity index (χ2v) is 8.96. The van der Waals surface area contributed by atoms with Gasteiger partial charge in [0, 0.05) is 14.3 Å². The predicted octanol–water partition coefficient (Wildman–Crippen LogP) is 5.11. The third-order valence-electron chi connectivity index (χ3n) is 3.11. The summed E-state index contributed by atoms with van der Waals surface area (Å²) in [6.45, 7) is -0.0760. The summed E-state index contributed by atoms with van der Waals surface area (Å²) in [6, 6.07) is 15.2. The van der Waals surface area contributed by atoms with Crippen molar-refractivity contribution in [3.8, 4) is 5.75 Å². The van der Waals surface area contributed by atoms with Gasteiger partial charge in [-0.25, -0.2) is 0 Å². The van der Waals surface area contributed by atoms with Crippen LogP contribution in [-0.4, -0.2) is 22.7 Å². The maximum atomic E-state index is 12.0. The molecular weight excluding hydrogens is 505 g/mol. The molecule has 0 fully saturated rings. The first-order chi connectivity index (χ1) is 12.6. The molecule has 3 aromatic rings. The topological polar surface area (TPSA) is 64.1 Å². The van der Waals surface area contributed by atoms with E-state index in [1.165, 1.54) is 11.3 Å². The zero-order valence-electron chi connectivity index (χ0n) is 13.3. The Bertz CT molecular complexity index is 872. The number of hydrogen-bond donors (Lipinski definition) is 1. The maximum Gasteiger partial charge on any atom is 0.264 e. The van der Waals surface area contributed by atoms with E-state index in [4.69, 9.17) is 16.3 Å². The van der Waals surface area contributed by atoms with Gasteiger partial charge in [0.05, 0.1) is 0 Å². The minimum Gasteiger partial charge on any atom is -0.484 e. The number of thioether (sulfide) groups is 1. The number of benzene rings is 2. The van der Waals surface area contributed by atoms with E-state index in [0.717, 1.165) is 19.2 Å². The highest BCUT2D eigenvalue weighted by atomic mass is 127. The summed E-state index contributed by atoms with van der Waals surface area (Å²) in [5.74, 6) is 1.14. The van der Waals surface area contributed by atoms with Crippen LogP contribution in [0.3, 0.4) is 0 Å². The van der Waals surface area contributed by atoms with E-state index >= 15 is 0 Å². The molecular formula is C17H13ClIN3O2S2. The molecule has 1 N–H and O–H groups in total. The Hall–Kier alpha value is -1.36. The number of hydrogen-bond acceptors (Lipinski definition) is 6. The Morgan fingerprint density at radius 2 is 1.88 bits per heavy atom. The third kappa shape index (κ3) is 6.11. The van der Waals surface area contributed by atoms with Crippen LogP contribution in [0.15, 0.2) is 52.9 Å². The summed E-state index contributed by atoms with van der Waals surface area (Å²) in [5.41, 5.74) is 1.14. The average molecular weight is 518 g/mol. The number of amides is 1. The molecule has 0 atom stereocenters. The van der Waals surface area contributed by atoms with Gasteiger partial charge in [0.25, 0.3) is 5.91 Å². The van der Waals surface area contributed by atoms with Crippen molar-refractivity contribution in [2.45, 2.75) is 10.1 Å². The van der Waals surface area contributed by atoms with E-state index in [1.54, 1.807) is 11.8 Å². The molecule has 0 saturated carbocycles. The quantitative estimate of drug-likeness (QED) is 0.268. The van der Waals surface area contributed by atoms with Gasteiger partial charge >= 0.3 is 0 Å². The van der Waals surface area contributed by atoms with Crippen LogP contribution >= 0.6 is 57.3 Å². The molecule has 0 aliphatic heterocycles. The molecule has 26 heavy (non-hydrogen) atoms. The molecule has 0 radical (unpaired) electrons. The Morgan fingerprint density at radius 3 is 2.62 bits per heavy atom. The van der Waals surface area contributed by atoms with Gasteiger partial charge in [-0.05, 0) is 64.6 Å². The fourth-order valence-corrected chi connectivity index (χ4v) is 4.09. The molecule has 134 valence electrons. The minimum absolute atomic E-state index is 0.0760. The summed E-state index contributed by atoms with van der Waals surface area (Å²) in [5, 5.41) is 11.9. The average Bonchev–Trinajstić information content (AvgIpc) is 3.08. The smallest absolute Gasteiger partial charge is 0.264 e. The molecule has 5 nitrogen and oxygen atoms in total. The summed E-state index contributed by atoms with van der Waals surface area (Å²) in [7, 11) is 0. The molecule has 0 saturated heterocycles. The molecule has 2 aromatic carbocycles. The number of anilines is 1. The van der Waals surface area contributed by atoms with Gasteiger partial charge < -0.3 is 4.74 Å². The Labute approximate surface area is 177 Å². The van der Waals surface area contributed by atoms with Crippen molar-refractivity contribution >= 4 is 68.3 Å². The molecule has 1 amide bonds. The van der Waals surface area contributed by atoms with Crippen molar-refractivity contribution in [2.75, 3.05) is 11.9 Å². The van der Waals surface area contributed by atoms with Gasteiger partial charge in [-0.2, -0.15) is 0 Å². The zero-order valence-corrected chi connectivity index (χ0v) is 17.9. The van der Waals surface area contributed by atoms with Crippen LogP contribution in [0, 0.1) is 3.57 Å². The van der Waals surface area contributed by atoms with E-state index in [9.17, 15) is 4.79 Å². The fourth-order valence-electron chi connectivity index (χ4n) is 1.88. The summed E-state index contributed by atoms with van der Waals surface area (Å²) < 4.78 is 7.34. The van der Waals surface area contributed by atoms with Crippen molar-refractivity contribution in [1.29, 1.82) is 0 Å². The van der Waals surface area contributed by atoms with Gasteiger partial charge in [0.15, 0.2) is 10.9 Å². The molecule has 0 aliphatic carbocycles. The van der Waals surface area contributed by atoms with Crippen LogP contribution in [0.4, 0.5) is 5.13 Å². The number of nitrogens with zero attached hydrogens (tertiary/aromatic N) is 2. The first-order valence-electron chi connectivity index (χ1n) is 7.47. The number of halogens is 2. The monoisotopic (exact) mass is 517 g/mol. The highest BCUT2D eigenvalue weighted by molar-refractivity contribution is 14.1. The lowest BCUT2D eigenvalue weighted by molar-refractivity contribution is -0.118. The molecule has 3 rings (SSSR count). The van der Waals surface area contributed by atoms with E-state index in [0.29, 0.717) is 15.9 Å². The van der Waals surface area contributed by atoms with Crippen molar-refractivity contribution in [3.63, 3.8) is 0 Å². The molecule has 1 aromatic heterocycles. The van der Waals surface area contributed by atoms with Gasteiger partial charge in [-0.1, -0.05) is 46.8 Å². The second-order valence-electron chi connectivity index (χ2n) is 5.08. The number of aromatic nitrogens is 2. The van der Waals surface area contributed by atoms with Crippen LogP contribution < -0.4 is 10.1 Å². The predicted molar refractivity (Wildman–Crippen MR) is 114 cm³/mol. The van der Waals surface area contributed by atoms with Gasteiger partial charge in [-0.15, -0.1) is 10.2 Å². The van der Waals surface area contributed by atoms with E-state index in [1.807, 2.05) is 48.5 Å². The van der Waals surface area contributed by atoms with Crippen molar-refractivity contribution in [1.82, 2.24) is 10.2 Å². The summed E-state index contributed by atoms with van der Waals surface area (Å²) >= 11 is 11.0. The van der Waals surface area contributed by atoms with Crippen molar-refractivity contribution in [3.05, 3.63) is 62.7 Å². The highest BCUT2D eigenvalue weighted by Crippen LogP contribution is 2.28. The van der Waals surface area contributed by atoms with E-state index < -0.39 is 0 Å². The third-order valence-corrected chi connectivity index (χ3v) is 6.13. The lowest BCUT2D eigenvalue weighted by atomic mass is 10.2. The van der Waals surface area contributed by atoms with E-state index in [2.05, 4.69) is 38.1 Å². The Balaban J connectivity index is 1.45. The first kappa shape index (κ1) is 19.4. The zero-order chi connectivity index (χ0) is 18.4. The lowest BCUT2D eigenvalue weighted by Gasteiger charge is -2.05. The first-order valence-corrected chi connectivity index (χ1v) is 10.7. The second kappa shape index (κ2) is 9.54. The summed E-state index contributed by atoms with van der Waals surface area (Å²) in [6.07, 6.45) is 0. The summed E-state index contributed by atoms with van der Waals surface area (Å²) in [4.78, 5) is 12.0. The minimum atomic E-state index is -0.269. The lowest BCUT2D eigenvalue weighted by Crippen LogP contribution is -2.20. The number of carbonyl (C=O) groups excluding carboxylic acids is 1. The highest BCUT2D eigenvalue weighted by Gasteiger charge is 2.09. The molecule has 0 bridgehead atoms. The number of nitrogens with one attached hydrogen (secondary N) is 1. The van der Waals surface area contributed by atoms with Crippen LogP contribution in [0.2, 0.25) is 5.02 Å². The number of rotatable bonds is 7. The van der Waals surface area contributed by atoms with Crippen LogP contribution in [-0.2, 0) is 10.5 Å². The van der Waals surface area contributed by atoms with Gasteiger partial charge in [0.2, 0.25) is 5.13 Å². The van der Waals surface area contributed by atoms with Gasteiger partial charge in [-0.3, -0.25) is 10.1 Å². The van der Waals surface area contributed by atoms with Crippen molar-refractivity contribution < 1.29 is 9.53 Å². The number of carbonyl (C=O) groups is 1. The molecule has 0 aliphatic rings. The fraction of sp³-hybridized carbons (Fsp3) is 0.118. The van der Waals surface area contributed by atoms with Crippen LogP contribution in [0.5, 0.6) is 5.75 Å². The Morgan fingerprint density at radius 1 is 1.15 bits per heavy atom.